The zero-order valence-corrected chi connectivity index (χ0v) is 14.9. The van der Waals surface area contributed by atoms with Crippen molar-refractivity contribution in [1.29, 1.82) is 0 Å². The van der Waals surface area contributed by atoms with Crippen LogP contribution in [0, 0.1) is 11.7 Å². The van der Waals surface area contributed by atoms with E-state index in [1.807, 2.05) is 24.3 Å². The molecule has 1 heterocycles. The molecule has 2 atom stereocenters. The largest absolute Gasteiger partial charge is 0.497 e. The molecule has 1 fully saturated rings. The van der Waals surface area contributed by atoms with Crippen LogP contribution in [0.5, 0.6) is 5.75 Å². The third-order valence-corrected chi connectivity index (χ3v) is 5.00. The predicted molar refractivity (Wildman–Crippen MR) is 97.5 cm³/mol. The van der Waals surface area contributed by atoms with Crippen molar-refractivity contribution in [3.05, 3.63) is 65.5 Å². The normalized spacial score (nSPS) is 20.0. The number of methoxy groups -OCH3 is 1. The maximum absolute atomic E-state index is 13.9. The van der Waals surface area contributed by atoms with E-state index in [1.165, 1.54) is 6.07 Å². The minimum absolute atomic E-state index is 0.0283. The van der Waals surface area contributed by atoms with Gasteiger partial charge in [0.1, 0.15) is 11.6 Å². The molecule has 1 amide bonds. The minimum atomic E-state index is -0.514. The van der Waals surface area contributed by atoms with Gasteiger partial charge >= 0.3 is 0 Å². The van der Waals surface area contributed by atoms with Crippen LogP contribution in [-0.2, 0) is 17.6 Å². The molecule has 2 aromatic rings. The van der Waals surface area contributed by atoms with Crippen LogP contribution in [0.1, 0.15) is 17.5 Å². The van der Waals surface area contributed by atoms with Gasteiger partial charge in [-0.25, -0.2) is 4.39 Å². The molecule has 0 aliphatic carbocycles. The van der Waals surface area contributed by atoms with E-state index in [0.29, 0.717) is 37.9 Å². The first kappa shape index (κ1) is 18.4. The molecule has 5 heteroatoms. The molecule has 4 nitrogen and oxygen atoms in total. The second-order valence-corrected chi connectivity index (χ2v) is 6.78. The maximum atomic E-state index is 13.9. The summed E-state index contributed by atoms with van der Waals surface area (Å²) in [5.41, 5.74) is 1.51. The van der Waals surface area contributed by atoms with E-state index in [4.69, 9.17) is 4.74 Å². The first-order valence-corrected chi connectivity index (χ1v) is 8.89. The highest BCUT2D eigenvalue weighted by Gasteiger charge is 2.30. The van der Waals surface area contributed by atoms with E-state index in [1.54, 1.807) is 30.2 Å². The van der Waals surface area contributed by atoms with Gasteiger partial charge in [0.25, 0.3) is 0 Å². The fourth-order valence-electron chi connectivity index (χ4n) is 3.42. The quantitative estimate of drug-likeness (QED) is 0.895. The number of benzene rings is 2. The molecule has 0 aromatic heterocycles. The van der Waals surface area contributed by atoms with Crippen molar-refractivity contribution in [2.75, 3.05) is 20.2 Å². The number of aliphatic hydroxyl groups is 1. The number of rotatable bonds is 5. The van der Waals surface area contributed by atoms with Gasteiger partial charge in [0, 0.05) is 19.0 Å². The van der Waals surface area contributed by atoms with Crippen LogP contribution in [0.3, 0.4) is 0 Å². The first-order valence-electron chi connectivity index (χ1n) is 8.89. The van der Waals surface area contributed by atoms with Crippen molar-refractivity contribution in [1.82, 2.24) is 4.90 Å². The van der Waals surface area contributed by atoms with Crippen LogP contribution in [-0.4, -0.2) is 42.2 Å². The van der Waals surface area contributed by atoms with E-state index < -0.39 is 6.10 Å². The predicted octanol–water partition coefficient (Wildman–Crippen LogP) is 2.83. The smallest absolute Gasteiger partial charge is 0.227 e. The summed E-state index contributed by atoms with van der Waals surface area (Å²) < 4.78 is 19.0. The Kier molecular flexibility index (Phi) is 5.89. The molecule has 0 unspecified atom stereocenters. The Hall–Kier alpha value is -2.40. The lowest BCUT2D eigenvalue weighted by molar-refractivity contribution is -0.134. The van der Waals surface area contributed by atoms with Gasteiger partial charge in [-0.1, -0.05) is 30.3 Å². The number of likely N-dealkylation sites (tertiary alicyclic amines) is 1. The molecule has 0 spiro atoms. The Morgan fingerprint density at radius 2 is 1.96 bits per heavy atom. The molecule has 0 saturated carbocycles. The SMILES string of the molecule is COc1ccc(CC(=O)N2CC[C@H](O)[C@H](Cc3ccccc3F)C2)cc1. The van der Waals surface area contributed by atoms with Gasteiger partial charge in [0.05, 0.1) is 19.6 Å². The summed E-state index contributed by atoms with van der Waals surface area (Å²) in [5.74, 6) is 0.370. The number of hydrogen-bond acceptors (Lipinski definition) is 3. The molecule has 1 N–H and O–H groups in total. The van der Waals surface area contributed by atoms with Crippen LogP contribution < -0.4 is 4.74 Å². The van der Waals surface area contributed by atoms with Gasteiger partial charge < -0.3 is 14.7 Å². The van der Waals surface area contributed by atoms with E-state index in [9.17, 15) is 14.3 Å². The lowest BCUT2D eigenvalue weighted by Gasteiger charge is -2.36. The van der Waals surface area contributed by atoms with Gasteiger partial charge in [-0.2, -0.15) is 0 Å². The summed E-state index contributed by atoms with van der Waals surface area (Å²) in [4.78, 5) is 14.4. The van der Waals surface area contributed by atoms with Gasteiger partial charge in [-0.05, 0) is 42.2 Å². The van der Waals surface area contributed by atoms with Gasteiger partial charge in [0.15, 0.2) is 0 Å². The lowest BCUT2D eigenvalue weighted by atomic mass is 9.88. The molecule has 1 saturated heterocycles. The number of amides is 1. The van der Waals surface area contributed by atoms with Crippen LogP contribution in [0.15, 0.2) is 48.5 Å². The number of nitrogens with zero attached hydrogens (tertiary/aromatic N) is 1. The number of ether oxygens (including phenoxy) is 1. The Bertz CT molecular complexity index is 747. The van der Waals surface area contributed by atoms with E-state index in [2.05, 4.69) is 0 Å². The Morgan fingerprint density at radius 3 is 2.65 bits per heavy atom. The van der Waals surface area contributed by atoms with Gasteiger partial charge in [-0.15, -0.1) is 0 Å². The van der Waals surface area contributed by atoms with Crippen LogP contribution in [0.4, 0.5) is 4.39 Å². The zero-order chi connectivity index (χ0) is 18.5. The van der Waals surface area contributed by atoms with Crippen molar-refractivity contribution in [3.8, 4) is 5.75 Å². The highest BCUT2D eigenvalue weighted by Crippen LogP contribution is 2.23. The highest BCUT2D eigenvalue weighted by atomic mass is 19.1. The Labute approximate surface area is 153 Å². The van der Waals surface area contributed by atoms with Crippen LogP contribution >= 0.6 is 0 Å². The Balaban J connectivity index is 1.63. The molecule has 0 radical (unpaired) electrons. The van der Waals surface area contributed by atoms with Crippen LogP contribution in [0.25, 0.3) is 0 Å². The topological polar surface area (TPSA) is 49.8 Å². The van der Waals surface area contributed by atoms with E-state index in [0.717, 1.165) is 11.3 Å². The second kappa shape index (κ2) is 8.32. The summed E-state index contributed by atoms with van der Waals surface area (Å²) in [6.07, 6.45) is 0.750. The minimum Gasteiger partial charge on any atom is -0.497 e. The highest BCUT2D eigenvalue weighted by molar-refractivity contribution is 5.79. The third-order valence-electron chi connectivity index (χ3n) is 5.00. The number of piperidine rings is 1. The van der Waals surface area contributed by atoms with Gasteiger partial charge in [0.2, 0.25) is 5.91 Å². The number of carbonyl (C=O) groups excluding carboxylic acids is 1. The summed E-state index contributed by atoms with van der Waals surface area (Å²) in [6.45, 7) is 0.981. The molecule has 26 heavy (non-hydrogen) atoms. The molecular weight excluding hydrogens is 333 g/mol. The summed E-state index contributed by atoms with van der Waals surface area (Å²) in [7, 11) is 1.61. The van der Waals surface area contributed by atoms with E-state index >= 15 is 0 Å². The number of hydrogen-bond donors (Lipinski definition) is 1. The lowest BCUT2D eigenvalue weighted by Crippen LogP contribution is -2.47. The number of aliphatic hydroxyl groups excluding tert-OH is 1. The molecular formula is C21H24FNO3. The van der Waals surface area contributed by atoms with Gasteiger partial charge in [-0.3, -0.25) is 4.79 Å². The summed E-state index contributed by atoms with van der Waals surface area (Å²) >= 11 is 0. The average molecular weight is 357 g/mol. The molecule has 138 valence electrons. The summed E-state index contributed by atoms with van der Waals surface area (Å²) in [5, 5.41) is 10.3. The monoisotopic (exact) mass is 357 g/mol. The first-order chi connectivity index (χ1) is 12.6. The molecule has 1 aliphatic rings. The van der Waals surface area contributed by atoms with E-state index in [-0.39, 0.29) is 17.6 Å². The van der Waals surface area contributed by atoms with Crippen molar-refractivity contribution in [2.45, 2.75) is 25.4 Å². The van der Waals surface area contributed by atoms with Crippen molar-refractivity contribution >= 4 is 5.91 Å². The second-order valence-electron chi connectivity index (χ2n) is 6.78. The third kappa shape index (κ3) is 4.41. The number of carbonyl (C=O) groups is 1. The number of halogens is 1. The summed E-state index contributed by atoms with van der Waals surface area (Å²) in [6, 6.07) is 14.0. The maximum Gasteiger partial charge on any atom is 0.227 e. The molecule has 3 rings (SSSR count). The average Bonchev–Trinajstić information content (AvgIpc) is 2.66. The van der Waals surface area contributed by atoms with Crippen molar-refractivity contribution in [3.63, 3.8) is 0 Å². The van der Waals surface area contributed by atoms with Crippen molar-refractivity contribution in [2.24, 2.45) is 5.92 Å². The van der Waals surface area contributed by atoms with Crippen LogP contribution in [0.2, 0.25) is 0 Å². The molecule has 0 bridgehead atoms. The fraction of sp³-hybridized carbons (Fsp3) is 0.381. The Morgan fingerprint density at radius 1 is 1.23 bits per heavy atom. The molecule has 2 aromatic carbocycles. The standard InChI is InChI=1S/C21H24FNO3/c1-26-18-8-6-15(7-9-18)12-21(25)23-11-10-20(24)17(14-23)13-16-4-2-3-5-19(16)22/h2-9,17,20,24H,10-14H2,1H3/t17-,20+/m1/s1. The van der Waals surface area contributed by atoms with Crippen molar-refractivity contribution < 1.29 is 19.0 Å². The fourth-order valence-corrected chi connectivity index (χ4v) is 3.42. The zero-order valence-electron chi connectivity index (χ0n) is 14.9. The molecule has 1 aliphatic heterocycles.